The minimum Gasteiger partial charge on any atom is -0.497 e. The smallest absolute Gasteiger partial charge is 0.255 e. The van der Waals surface area contributed by atoms with Crippen molar-refractivity contribution in [3.63, 3.8) is 0 Å². The lowest BCUT2D eigenvalue weighted by Crippen LogP contribution is -2.67. The molecule has 1 fully saturated rings. The molecule has 4 rings (SSSR count). The number of carbonyl (C=O) groups is 2. The standard InChI is InChI=1S/C25H24N2O3/c1-17-8-7-9-18(2)23(17)26-24(29)25(19-10-5-4-6-11-19)16-22(28)27(25)20-12-14-21(30-3)15-13-20/h4-15H,16H2,1-3H3,(H,26,29)/t25-/m0/s1. The van der Waals surface area contributed by atoms with Crippen LogP contribution in [0.3, 0.4) is 0 Å². The van der Waals surface area contributed by atoms with Crippen LogP contribution in [0, 0.1) is 13.8 Å². The van der Waals surface area contributed by atoms with Crippen LogP contribution >= 0.6 is 0 Å². The van der Waals surface area contributed by atoms with E-state index in [1.807, 2.05) is 62.4 Å². The van der Waals surface area contributed by atoms with Gasteiger partial charge in [-0.1, -0.05) is 48.5 Å². The normalized spacial score (nSPS) is 18.0. The minimum atomic E-state index is -1.11. The molecular weight excluding hydrogens is 376 g/mol. The quantitative estimate of drug-likeness (QED) is 0.638. The maximum absolute atomic E-state index is 13.7. The Balaban J connectivity index is 1.79. The first-order valence-corrected chi connectivity index (χ1v) is 9.87. The molecule has 1 aliphatic heterocycles. The summed E-state index contributed by atoms with van der Waals surface area (Å²) in [5.74, 6) is 0.374. The van der Waals surface area contributed by atoms with Gasteiger partial charge in [0.1, 0.15) is 5.75 Å². The van der Waals surface area contributed by atoms with Crippen molar-refractivity contribution >= 4 is 23.2 Å². The monoisotopic (exact) mass is 400 g/mol. The number of hydrogen-bond acceptors (Lipinski definition) is 3. The van der Waals surface area contributed by atoms with Crippen molar-refractivity contribution in [2.75, 3.05) is 17.3 Å². The summed E-state index contributed by atoms with van der Waals surface area (Å²) in [6, 6.07) is 22.6. The predicted molar refractivity (Wildman–Crippen MR) is 118 cm³/mol. The van der Waals surface area contributed by atoms with Gasteiger partial charge < -0.3 is 10.1 Å². The van der Waals surface area contributed by atoms with E-state index in [9.17, 15) is 9.59 Å². The van der Waals surface area contributed by atoms with E-state index in [1.54, 1.807) is 36.3 Å². The molecule has 3 aromatic carbocycles. The Bertz CT molecular complexity index is 1070. The first kappa shape index (κ1) is 19.7. The van der Waals surface area contributed by atoms with Gasteiger partial charge in [0.2, 0.25) is 5.91 Å². The van der Waals surface area contributed by atoms with Crippen LogP contribution in [-0.4, -0.2) is 18.9 Å². The van der Waals surface area contributed by atoms with Crippen LogP contribution in [0.15, 0.2) is 72.8 Å². The summed E-state index contributed by atoms with van der Waals surface area (Å²) >= 11 is 0. The number of para-hydroxylation sites is 1. The Hall–Kier alpha value is -3.60. The van der Waals surface area contributed by atoms with Gasteiger partial charge in [0.15, 0.2) is 5.54 Å². The molecule has 2 amide bonds. The lowest BCUT2D eigenvalue weighted by molar-refractivity contribution is -0.137. The van der Waals surface area contributed by atoms with Crippen molar-refractivity contribution in [2.24, 2.45) is 0 Å². The molecule has 3 aromatic rings. The third-order valence-corrected chi connectivity index (χ3v) is 5.72. The lowest BCUT2D eigenvalue weighted by Gasteiger charge is -2.50. The number of amides is 2. The van der Waals surface area contributed by atoms with Crippen LogP contribution in [0.25, 0.3) is 0 Å². The molecule has 0 aromatic heterocycles. The van der Waals surface area contributed by atoms with Gasteiger partial charge >= 0.3 is 0 Å². The average Bonchev–Trinajstić information content (AvgIpc) is 2.75. The number of rotatable bonds is 5. The number of aryl methyl sites for hydroxylation is 2. The summed E-state index contributed by atoms with van der Waals surface area (Å²) in [5, 5.41) is 3.11. The van der Waals surface area contributed by atoms with Crippen molar-refractivity contribution in [3.8, 4) is 5.75 Å². The molecule has 0 spiro atoms. The molecule has 1 saturated heterocycles. The number of benzene rings is 3. The maximum atomic E-state index is 13.7. The molecule has 0 radical (unpaired) electrons. The second-order valence-corrected chi connectivity index (χ2v) is 7.55. The Morgan fingerprint density at radius 3 is 2.13 bits per heavy atom. The van der Waals surface area contributed by atoms with Crippen LogP contribution in [0.4, 0.5) is 11.4 Å². The van der Waals surface area contributed by atoms with E-state index in [-0.39, 0.29) is 18.2 Å². The number of carbonyl (C=O) groups excluding carboxylic acids is 2. The van der Waals surface area contributed by atoms with Gasteiger partial charge in [-0.05, 0) is 54.8 Å². The fourth-order valence-corrected chi connectivity index (χ4v) is 4.08. The van der Waals surface area contributed by atoms with E-state index < -0.39 is 5.54 Å². The number of nitrogens with one attached hydrogen (secondary N) is 1. The molecular formula is C25H24N2O3. The molecule has 0 aliphatic carbocycles. The van der Waals surface area contributed by atoms with Gasteiger partial charge in [0.25, 0.3) is 5.91 Å². The molecule has 0 unspecified atom stereocenters. The summed E-state index contributed by atoms with van der Waals surface area (Å²) in [7, 11) is 1.59. The van der Waals surface area contributed by atoms with Crippen LogP contribution < -0.4 is 15.0 Å². The number of nitrogens with zero attached hydrogens (tertiary/aromatic N) is 1. The van der Waals surface area contributed by atoms with E-state index in [0.29, 0.717) is 11.4 Å². The van der Waals surface area contributed by atoms with Crippen molar-refractivity contribution in [1.82, 2.24) is 0 Å². The molecule has 30 heavy (non-hydrogen) atoms. The SMILES string of the molecule is COc1ccc(N2C(=O)C[C@@]2(C(=O)Nc2c(C)cccc2C)c2ccccc2)cc1. The van der Waals surface area contributed by atoms with Crippen LogP contribution in [0.5, 0.6) is 5.75 Å². The van der Waals surface area contributed by atoms with Crippen LogP contribution in [0.2, 0.25) is 0 Å². The third-order valence-electron chi connectivity index (χ3n) is 5.72. The topological polar surface area (TPSA) is 58.6 Å². The van der Waals surface area contributed by atoms with Crippen LogP contribution in [0.1, 0.15) is 23.1 Å². The first-order valence-electron chi connectivity index (χ1n) is 9.87. The summed E-state index contributed by atoms with van der Waals surface area (Å²) in [4.78, 5) is 28.1. The van der Waals surface area contributed by atoms with Crippen molar-refractivity contribution in [3.05, 3.63) is 89.5 Å². The highest BCUT2D eigenvalue weighted by Gasteiger charge is 2.58. The van der Waals surface area contributed by atoms with Gasteiger partial charge in [-0.2, -0.15) is 0 Å². The van der Waals surface area contributed by atoms with Gasteiger partial charge in [-0.25, -0.2) is 0 Å². The molecule has 5 heteroatoms. The lowest BCUT2D eigenvalue weighted by atomic mass is 9.76. The third kappa shape index (κ3) is 3.12. The summed E-state index contributed by atoms with van der Waals surface area (Å²) in [6.45, 7) is 3.93. The molecule has 1 N–H and O–H groups in total. The van der Waals surface area contributed by atoms with Gasteiger partial charge in [-0.3, -0.25) is 14.5 Å². The fraction of sp³-hybridized carbons (Fsp3) is 0.200. The Kier molecular flexibility index (Phi) is 5.04. The molecule has 1 atom stereocenters. The van der Waals surface area contributed by atoms with Crippen molar-refractivity contribution < 1.29 is 14.3 Å². The molecule has 152 valence electrons. The summed E-state index contributed by atoms with van der Waals surface area (Å²) in [6.07, 6.45) is 0.111. The highest BCUT2D eigenvalue weighted by Crippen LogP contribution is 2.46. The van der Waals surface area contributed by atoms with E-state index in [0.717, 1.165) is 22.4 Å². The molecule has 0 saturated carbocycles. The van der Waals surface area contributed by atoms with Gasteiger partial charge in [0.05, 0.1) is 13.5 Å². The fourth-order valence-electron chi connectivity index (χ4n) is 4.08. The van der Waals surface area contributed by atoms with E-state index in [4.69, 9.17) is 4.74 Å². The molecule has 0 bridgehead atoms. The largest absolute Gasteiger partial charge is 0.497 e. The van der Waals surface area contributed by atoms with E-state index >= 15 is 0 Å². The zero-order chi connectivity index (χ0) is 21.3. The molecule has 1 aliphatic rings. The number of ether oxygens (including phenoxy) is 1. The molecule has 5 nitrogen and oxygen atoms in total. The average molecular weight is 400 g/mol. The zero-order valence-electron chi connectivity index (χ0n) is 17.3. The number of methoxy groups -OCH3 is 1. The van der Waals surface area contributed by atoms with Crippen molar-refractivity contribution in [2.45, 2.75) is 25.8 Å². The highest BCUT2D eigenvalue weighted by molar-refractivity contribution is 6.17. The van der Waals surface area contributed by atoms with Gasteiger partial charge in [0, 0.05) is 11.4 Å². The predicted octanol–water partition coefficient (Wildman–Crippen LogP) is 4.58. The zero-order valence-corrected chi connectivity index (χ0v) is 17.3. The Morgan fingerprint density at radius 2 is 1.57 bits per heavy atom. The summed E-state index contributed by atoms with van der Waals surface area (Å²) in [5.41, 5.74) is 3.08. The van der Waals surface area contributed by atoms with Gasteiger partial charge in [-0.15, -0.1) is 0 Å². The number of hydrogen-bond donors (Lipinski definition) is 1. The number of β-lactam (4-membered cyclic amide) rings is 1. The maximum Gasteiger partial charge on any atom is 0.255 e. The summed E-state index contributed by atoms with van der Waals surface area (Å²) < 4.78 is 5.23. The van der Waals surface area contributed by atoms with E-state index in [1.165, 1.54) is 0 Å². The molecule has 1 heterocycles. The Morgan fingerprint density at radius 1 is 0.933 bits per heavy atom. The van der Waals surface area contributed by atoms with E-state index in [2.05, 4.69) is 5.32 Å². The minimum absolute atomic E-state index is 0.0966. The Labute approximate surface area is 176 Å². The van der Waals surface area contributed by atoms with Crippen molar-refractivity contribution in [1.29, 1.82) is 0 Å². The second-order valence-electron chi connectivity index (χ2n) is 7.55. The number of anilines is 2. The first-order chi connectivity index (χ1) is 14.5. The highest BCUT2D eigenvalue weighted by atomic mass is 16.5. The van der Waals surface area contributed by atoms with Crippen LogP contribution in [-0.2, 0) is 15.1 Å². The second kappa shape index (κ2) is 7.67.